The topological polar surface area (TPSA) is 88.4 Å². The third kappa shape index (κ3) is 3.48. The largest absolute Gasteiger partial charge is 0.373 e. The van der Waals surface area contributed by atoms with Crippen LogP contribution in [0.15, 0.2) is 12.3 Å². The molecule has 7 heteroatoms. The number of carbonyl (C=O) groups is 1. The Morgan fingerprint density at radius 3 is 2.81 bits per heavy atom. The molecule has 1 aromatic rings. The monoisotopic (exact) mass is 292 g/mol. The fraction of sp³-hybridized carbons (Fsp3) is 0.571. The van der Waals surface area contributed by atoms with Crippen molar-refractivity contribution in [2.75, 3.05) is 18.9 Å². The van der Waals surface area contributed by atoms with Gasteiger partial charge in [0.05, 0.1) is 4.92 Å². The van der Waals surface area contributed by atoms with Gasteiger partial charge in [-0.1, -0.05) is 13.3 Å². The molecule has 1 heterocycles. The summed E-state index contributed by atoms with van der Waals surface area (Å²) in [5.41, 5.74) is -0.122. The molecule has 7 nitrogen and oxygen atoms in total. The molecular formula is C14H20N4O3. The molecule has 0 atom stereocenters. The highest BCUT2D eigenvalue weighted by Gasteiger charge is 2.35. The predicted molar refractivity (Wildman–Crippen MR) is 79.4 cm³/mol. The molecule has 0 radical (unpaired) electrons. The molecular weight excluding hydrogens is 272 g/mol. The number of aromatic nitrogens is 1. The normalized spacial score (nSPS) is 13.8. The first-order valence-corrected chi connectivity index (χ1v) is 7.21. The van der Waals surface area contributed by atoms with Gasteiger partial charge in [0.2, 0.25) is 0 Å². The zero-order valence-corrected chi connectivity index (χ0v) is 12.3. The number of nitrogens with zero attached hydrogens (tertiary/aromatic N) is 3. The van der Waals surface area contributed by atoms with Crippen molar-refractivity contribution < 1.29 is 9.72 Å². The van der Waals surface area contributed by atoms with Gasteiger partial charge in [-0.3, -0.25) is 14.9 Å². The van der Waals surface area contributed by atoms with Gasteiger partial charge in [-0.2, -0.15) is 0 Å². The third-order valence-electron chi connectivity index (χ3n) is 3.57. The number of hydrogen-bond acceptors (Lipinski definition) is 5. The minimum Gasteiger partial charge on any atom is -0.373 e. The summed E-state index contributed by atoms with van der Waals surface area (Å²) in [5.74, 6) is 0.187. The van der Waals surface area contributed by atoms with Crippen LogP contribution in [0.4, 0.5) is 11.5 Å². The average Bonchev–Trinajstić information content (AvgIpc) is 3.31. The van der Waals surface area contributed by atoms with Gasteiger partial charge in [0, 0.05) is 25.7 Å². The van der Waals surface area contributed by atoms with Crippen LogP contribution in [0.1, 0.15) is 43.0 Å². The SMILES string of the molecule is CCCCN(C(=O)c1cc(NC)ncc1[N+](=O)[O-])C1CC1. The number of amides is 1. The lowest BCUT2D eigenvalue weighted by molar-refractivity contribution is -0.385. The van der Waals surface area contributed by atoms with E-state index in [9.17, 15) is 14.9 Å². The molecule has 0 spiro atoms. The maximum atomic E-state index is 12.7. The lowest BCUT2D eigenvalue weighted by atomic mass is 10.1. The highest BCUT2D eigenvalue weighted by molar-refractivity contribution is 5.99. The molecule has 1 aromatic heterocycles. The van der Waals surface area contributed by atoms with Crippen LogP contribution in [-0.2, 0) is 0 Å². The molecule has 1 N–H and O–H groups in total. The highest BCUT2D eigenvalue weighted by Crippen LogP contribution is 2.31. The Bertz CT molecular complexity index is 543. The fourth-order valence-corrected chi connectivity index (χ4v) is 2.22. The smallest absolute Gasteiger partial charge is 0.300 e. The van der Waals surface area contributed by atoms with Crippen molar-refractivity contribution in [1.29, 1.82) is 0 Å². The lowest BCUT2D eigenvalue weighted by Crippen LogP contribution is -2.34. The van der Waals surface area contributed by atoms with Crippen molar-refractivity contribution in [2.45, 2.75) is 38.6 Å². The minimum atomic E-state index is -0.551. The second-order valence-electron chi connectivity index (χ2n) is 5.18. The van der Waals surface area contributed by atoms with Crippen LogP contribution in [0.25, 0.3) is 0 Å². The molecule has 1 aliphatic rings. The molecule has 0 bridgehead atoms. The number of nitro groups is 1. The Kier molecular flexibility index (Phi) is 4.72. The highest BCUT2D eigenvalue weighted by atomic mass is 16.6. The number of hydrogen-bond donors (Lipinski definition) is 1. The summed E-state index contributed by atoms with van der Waals surface area (Å²) in [7, 11) is 1.66. The van der Waals surface area contributed by atoms with Crippen LogP contribution in [0.5, 0.6) is 0 Å². The van der Waals surface area contributed by atoms with Crippen molar-refractivity contribution in [2.24, 2.45) is 0 Å². The van der Waals surface area contributed by atoms with E-state index in [4.69, 9.17) is 0 Å². The van der Waals surface area contributed by atoms with Crippen LogP contribution in [0.3, 0.4) is 0 Å². The van der Waals surface area contributed by atoms with Crippen molar-refractivity contribution in [3.63, 3.8) is 0 Å². The third-order valence-corrected chi connectivity index (χ3v) is 3.57. The Morgan fingerprint density at radius 2 is 2.29 bits per heavy atom. The van der Waals surface area contributed by atoms with Crippen molar-refractivity contribution >= 4 is 17.4 Å². The minimum absolute atomic E-state index is 0.113. The Balaban J connectivity index is 2.32. The molecule has 114 valence electrons. The lowest BCUT2D eigenvalue weighted by Gasteiger charge is -2.22. The second-order valence-corrected chi connectivity index (χ2v) is 5.18. The fourth-order valence-electron chi connectivity index (χ4n) is 2.22. The number of anilines is 1. The molecule has 0 aliphatic heterocycles. The van der Waals surface area contributed by atoms with Gasteiger partial charge in [-0.25, -0.2) is 4.98 Å². The van der Waals surface area contributed by atoms with E-state index >= 15 is 0 Å². The van der Waals surface area contributed by atoms with E-state index in [1.807, 2.05) is 0 Å². The van der Waals surface area contributed by atoms with Crippen LogP contribution in [-0.4, -0.2) is 40.3 Å². The Morgan fingerprint density at radius 1 is 1.57 bits per heavy atom. The molecule has 21 heavy (non-hydrogen) atoms. The summed E-state index contributed by atoms with van der Waals surface area (Å²) < 4.78 is 0. The maximum Gasteiger partial charge on any atom is 0.300 e. The zero-order chi connectivity index (χ0) is 15.4. The number of carbonyl (C=O) groups excluding carboxylic acids is 1. The first kappa shape index (κ1) is 15.2. The standard InChI is InChI=1S/C14H20N4O3/c1-3-4-7-17(10-5-6-10)14(19)11-8-13(15-2)16-9-12(11)18(20)21/h8-10H,3-7H2,1-2H3,(H,15,16). The summed E-state index contributed by atoms with van der Waals surface area (Å²) in [4.78, 5) is 29.0. The number of rotatable bonds is 7. The number of pyridine rings is 1. The molecule has 0 aromatic carbocycles. The van der Waals surface area contributed by atoms with E-state index in [-0.39, 0.29) is 23.2 Å². The molecule has 1 aliphatic carbocycles. The second kappa shape index (κ2) is 6.51. The van der Waals surface area contributed by atoms with Crippen molar-refractivity contribution in [3.8, 4) is 0 Å². The predicted octanol–water partition coefficient (Wildman–Crippen LogP) is 2.44. The van der Waals surface area contributed by atoms with Gasteiger partial charge >= 0.3 is 0 Å². The van der Waals surface area contributed by atoms with Gasteiger partial charge in [0.25, 0.3) is 11.6 Å². The summed E-state index contributed by atoms with van der Waals surface area (Å²) in [6, 6.07) is 1.69. The van der Waals surface area contributed by atoms with Gasteiger partial charge in [-0.05, 0) is 19.3 Å². The quantitative estimate of drug-likeness (QED) is 0.616. The van der Waals surface area contributed by atoms with Crippen LogP contribution < -0.4 is 5.32 Å². The summed E-state index contributed by atoms with van der Waals surface area (Å²) in [6.07, 6.45) is 4.99. The first-order chi connectivity index (χ1) is 10.1. The van der Waals surface area contributed by atoms with E-state index in [1.54, 1.807) is 11.9 Å². The number of nitrogens with one attached hydrogen (secondary N) is 1. The molecule has 1 saturated carbocycles. The summed E-state index contributed by atoms with van der Waals surface area (Å²) in [6.45, 7) is 2.71. The zero-order valence-electron chi connectivity index (χ0n) is 12.3. The first-order valence-electron chi connectivity index (χ1n) is 7.21. The van der Waals surface area contributed by atoms with Gasteiger partial charge in [0.15, 0.2) is 0 Å². The van der Waals surface area contributed by atoms with E-state index in [0.717, 1.165) is 31.9 Å². The Hall–Kier alpha value is -2.18. The molecule has 2 rings (SSSR count). The van der Waals surface area contributed by atoms with E-state index in [0.29, 0.717) is 12.4 Å². The molecule has 1 amide bonds. The van der Waals surface area contributed by atoms with Crippen molar-refractivity contribution in [1.82, 2.24) is 9.88 Å². The van der Waals surface area contributed by atoms with Gasteiger partial charge in [-0.15, -0.1) is 0 Å². The van der Waals surface area contributed by atoms with Crippen LogP contribution >= 0.6 is 0 Å². The van der Waals surface area contributed by atoms with Crippen molar-refractivity contribution in [3.05, 3.63) is 27.9 Å². The van der Waals surface area contributed by atoms with Crippen LogP contribution in [0.2, 0.25) is 0 Å². The summed E-state index contributed by atoms with van der Waals surface area (Å²) in [5, 5.41) is 13.9. The van der Waals surface area contributed by atoms with E-state index < -0.39 is 4.92 Å². The molecule has 0 unspecified atom stereocenters. The van der Waals surface area contributed by atoms with Gasteiger partial charge in [0.1, 0.15) is 17.6 Å². The molecule has 0 saturated heterocycles. The van der Waals surface area contributed by atoms with Gasteiger partial charge < -0.3 is 10.2 Å². The Labute approximate surface area is 123 Å². The van der Waals surface area contributed by atoms with Crippen LogP contribution in [0, 0.1) is 10.1 Å². The maximum absolute atomic E-state index is 12.7. The summed E-state index contributed by atoms with van der Waals surface area (Å²) >= 11 is 0. The molecule has 1 fully saturated rings. The van der Waals surface area contributed by atoms with E-state index in [1.165, 1.54) is 6.07 Å². The van der Waals surface area contributed by atoms with E-state index in [2.05, 4.69) is 17.2 Å². The number of unbranched alkanes of at least 4 members (excludes halogenated alkanes) is 1. The average molecular weight is 292 g/mol.